The highest BCUT2D eigenvalue weighted by Gasteiger charge is 2.18. The number of carbonyl (C=O) groups is 1. The van der Waals surface area contributed by atoms with Crippen molar-refractivity contribution in [1.82, 2.24) is 4.90 Å². The summed E-state index contributed by atoms with van der Waals surface area (Å²) >= 11 is 0. The van der Waals surface area contributed by atoms with Crippen LogP contribution in [0, 0.1) is 12.8 Å². The fourth-order valence-electron chi connectivity index (χ4n) is 2.56. The van der Waals surface area contributed by atoms with Crippen LogP contribution in [-0.2, 0) is 4.79 Å². The van der Waals surface area contributed by atoms with Crippen LogP contribution in [0.2, 0.25) is 0 Å². The van der Waals surface area contributed by atoms with Gasteiger partial charge in [-0.3, -0.25) is 9.69 Å². The first-order valence-electron chi connectivity index (χ1n) is 6.72. The average Bonchev–Trinajstić information content (AvgIpc) is 2.28. The van der Waals surface area contributed by atoms with E-state index in [9.17, 15) is 4.79 Å². The molecule has 18 heavy (non-hydrogen) atoms. The monoisotopic (exact) mass is 246 g/mol. The molecule has 1 aromatic carbocycles. The number of likely N-dealkylation sites (tertiary alicyclic amines) is 1. The second-order valence-corrected chi connectivity index (χ2v) is 5.40. The smallest absolute Gasteiger partial charge is 0.238 e. The molecule has 1 aromatic rings. The topological polar surface area (TPSA) is 32.3 Å². The van der Waals surface area contributed by atoms with E-state index < -0.39 is 0 Å². The third-order valence-corrected chi connectivity index (χ3v) is 3.41. The predicted molar refractivity (Wildman–Crippen MR) is 74.6 cm³/mol. The molecular formula is C15H22N2O. The molecule has 1 aliphatic rings. The molecule has 1 fully saturated rings. The lowest BCUT2D eigenvalue weighted by Crippen LogP contribution is -2.39. The van der Waals surface area contributed by atoms with Crippen LogP contribution in [0.3, 0.4) is 0 Å². The molecule has 0 bridgehead atoms. The number of nitrogens with one attached hydrogen (secondary N) is 1. The van der Waals surface area contributed by atoms with Crippen LogP contribution in [-0.4, -0.2) is 30.4 Å². The summed E-state index contributed by atoms with van der Waals surface area (Å²) in [6.45, 7) is 6.89. The number of rotatable bonds is 3. The summed E-state index contributed by atoms with van der Waals surface area (Å²) in [5.74, 6) is 0.806. The normalized spacial score (nSPS) is 20.7. The molecule has 2 rings (SSSR count). The van der Waals surface area contributed by atoms with E-state index in [1.54, 1.807) is 0 Å². The first-order valence-corrected chi connectivity index (χ1v) is 6.72. The minimum Gasteiger partial charge on any atom is -0.325 e. The van der Waals surface area contributed by atoms with Gasteiger partial charge in [-0.1, -0.05) is 19.1 Å². The second-order valence-electron chi connectivity index (χ2n) is 5.40. The molecule has 1 amide bonds. The Hall–Kier alpha value is -1.35. The summed E-state index contributed by atoms with van der Waals surface area (Å²) < 4.78 is 0. The molecule has 1 aliphatic heterocycles. The number of aryl methyl sites for hydroxylation is 1. The Kier molecular flexibility index (Phi) is 4.37. The highest BCUT2D eigenvalue weighted by molar-refractivity contribution is 5.92. The number of hydrogen-bond acceptors (Lipinski definition) is 2. The molecule has 1 atom stereocenters. The molecule has 0 aliphatic carbocycles. The molecule has 98 valence electrons. The van der Waals surface area contributed by atoms with Crippen LogP contribution in [0.4, 0.5) is 5.69 Å². The Morgan fingerprint density at radius 3 is 3.06 bits per heavy atom. The molecule has 1 heterocycles. The number of benzene rings is 1. The van der Waals surface area contributed by atoms with Crippen molar-refractivity contribution in [3.05, 3.63) is 29.8 Å². The van der Waals surface area contributed by atoms with Gasteiger partial charge >= 0.3 is 0 Å². The van der Waals surface area contributed by atoms with E-state index in [1.165, 1.54) is 18.4 Å². The summed E-state index contributed by atoms with van der Waals surface area (Å²) in [4.78, 5) is 14.2. The van der Waals surface area contributed by atoms with Gasteiger partial charge in [-0.15, -0.1) is 0 Å². The molecule has 1 N–H and O–H groups in total. The third-order valence-electron chi connectivity index (χ3n) is 3.41. The van der Waals surface area contributed by atoms with Crippen LogP contribution in [0.5, 0.6) is 0 Å². The highest BCUT2D eigenvalue weighted by atomic mass is 16.2. The Morgan fingerprint density at radius 1 is 1.50 bits per heavy atom. The second kappa shape index (κ2) is 6.01. The lowest BCUT2D eigenvalue weighted by molar-refractivity contribution is -0.117. The molecular weight excluding hydrogens is 224 g/mol. The predicted octanol–water partition coefficient (Wildman–Crippen LogP) is 2.67. The van der Waals surface area contributed by atoms with Gasteiger partial charge in [0.15, 0.2) is 0 Å². The van der Waals surface area contributed by atoms with Gasteiger partial charge in [0, 0.05) is 12.2 Å². The minimum atomic E-state index is 0.0923. The van der Waals surface area contributed by atoms with E-state index >= 15 is 0 Å². The molecule has 0 radical (unpaired) electrons. The van der Waals surface area contributed by atoms with Crippen LogP contribution >= 0.6 is 0 Å². The van der Waals surface area contributed by atoms with Gasteiger partial charge in [-0.2, -0.15) is 0 Å². The summed E-state index contributed by atoms with van der Waals surface area (Å²) in [5, 5.41) is 2.96. The Balaban J connectivity index is 1.85. The Labute approximate surface area is 109 Å². The zero-order valence-corrected chi connectivity index (χ0v) is 11.3. The number of nitrogens with zero attached hydrogens (tertiary/aromatic N) is 1. The van der Waals surface area contributed by atoms with Gasteiger partial charge in [0.05, 0.1) is 6.54 Å². The van der Waals surface area contributed by atoms with Crippen molar-refractivity contribution in [2.45, 2.75) is 26.7 Å². The zero-order valence-electron chi connectivity index (χ0n) is 11.3. The quantitative estimate of drug-likeness (QED) is 0.889. The molecule has 1 saturated heterocycles. The van der Waals surface area contributed by atoms with Gasteiger partial charge in [-0.05, 0) is 49.9 Å². The van der Waals surface area contributed by atoms with Crippen molar-refractivity contribution in [3.63, 3.8) is 0 Å². The zero-order chi connectivity index (χ0) is 13.0. The van der Waals surface area contributed by atoms with Crippen molar-refractivity contribution in [3.8, 4) is 0 Å². The summed E-state index contributed by atoms with van der Waals surface area (Å²) in [5.41, 5.74) is 2.06. The Morgan fingerprint density at radius 2 is 2.33 bits per heavy atom. The molecule has 0 aromatic heterocycles. The number of piperidine rings is 1. The fourth-order valence-corrected chi connectivity index (χ4v) is 2.56. The number of amides is 1. The summed E-state index contributed by atoms with van der Waals surface area (Å²) in [6, 6.07) is 7.93. The lowest BCUT2D eigenvalue weighted by Gasteiger charge is -2.30. The third kappa shape index (κ3) is 3.84. The number of hydrogen-bond donors (Lipinski definition) is 1. The van der Waals surface area contributed by atoms with Crippen molar-refractivity contribution in [2.24, 2.45) is 5.92 Å². The van der Waals surface area contributed by atoms with E-state index in [1.807, 2.05) is 31.2 Å². The van der Waals surface area contributed by atoms with Crippen LogP contribution < -0.4 is 5.32 Å². The van der Waals surface area contributed by atoms with Gasteiger partial charge < -0.3 is 5.32 Å². The van der Waals surface area contributed by atoms with E-state index in [0.29, 0.717) is 12.5 Å². The van der Waals surface area contributed by atoms with Crippen molar-refractivity contribution in [1.29, 1.82) is 0 Å². The van der Waals surface area contributed by atoms with E-state index in [4.69, 9.17) is 0 Å². The van der Waals surface area contributed by atoms with Gasteiger partial charge in [-0.25, -0.2) is 0 Å². The van der Waals surface area contributed by atoms with Gasteiger partial charge in [0.2, 0.25) is 5.91 Å². The molecule has 3 heteroatoms. The first kappa shape index (κ1) is 13.1. The highest BCUT2D eigenvalue weighted by Crippen LogP contribution is 2.15. The van der Waals surface area contributed by atoms with Crippen molar-refractivity contribution >= 4 is 11.6 Å². The number of anilines is 1. The minimum absolute atomic E-state index is 0.0923. The SMILES string of the molecule is Cc1cccc(NC(=O)CN2CCC[C@@H](C)C2)c1. The maximum Gasteiger partial charge on any atom is 0.238 e. The average molecular weight is 246 g/mol. The molecule has 0 saturated carbocycles. The van der Waals surface area contributed by atoms with E-state index in [-0.39, 0.29) is 5.91 Å². The van der Waals surface area contributed by atoms with Gasteiger partial charge in [0.1, 0.15) is 0 Å². The summed E-state index contributed by atoms with van der Waals surface area (Å²) in [6.07, 6.45) is 2.49. The largest absolute Gasteiger partial charge is 0.325 e. The molecule has 3 nitrogen and oxygen atoms in total. The van der Waals surface area contributed by atoms with E-state index in [0.717, 1.165) is 18.8 Å². The van der Waals surface area contributed by atoms with Crippen LogP contribution in [0.15, 0.2) is 24.3 Å². The van der Waals surface area contributed by atoms with Crippen molar-refractivity contribution < 1.29 is 4.79 Å². The van der Waals surface area contributed by atoms with Crippen molar-refractivity contribution in [2.75, 3.05) is 25.0 Å². The van der Waals surface area contributed by atoms with Crippen LogP contribution in [0.1, 0.15) is 25.3 Å². The molecule has 0 unspecified atom stereocenters. The van der Waals surface area contributed by atoms with Gasteiger partial charge in [0.25, 0.3) is 0 Å². The fraction of sp³-hybridized carbons (Fsp3) is 0.533. The summed E-state index contributed by atoms with van der Waals surface area (Å²) in [7, 11) is 0. The first-order chi connectivity index (χ1) is 8.63. The maximum absolute atomic E-state index is 11.9. The van der Waals surface area contributed by atoms with Crippen LogP contribution in [0.25, 0.3) is 0 Å². The number of carbonyl (C=O) groups excluding carboxylic acids is 1. The lowest BCUT2D eigenvalue weighted by atomic mass is 10.0. The maximum atomic E-state index is 11.9. The standard InChI is InChI=1S/C15H22N2O/c1-12-5-3-7-14(9-12)16-15(18)11-17-8-4-6-13(2)10-17/h3,5,7,9,13H,4,6,8,10-11H2,1-2H3,(H,16,18)/t13-/m1/s1. The van der Waals surface area contributed by atoms with E-state index in [2.05, 4.69) is 17.1 Å². The Bertz CT molecular complexity index is 417. The molecule has 0 spiro atoms.